The lowest BCUT2D eigenvalue weighted by Gasteiger charge is -2.23. The highest BCUT2D eigenvalue weighted by Crippen LogP contribution is 2.35. The lowest BCUT2D eigenvalue weighted by molar-refractivity contribution is -0.152. The van der Waals surface area contributed by atoms with Crippen LogP contribution in [0.1, 0.15) is 16.8 Å². The van der Waals surface area contributed by atoms with Crippen LogP contribution in [0, 0.1) is 11.6 Å². The number of amides is 2. The first-order chi connectivity index (χ1) is 15.8. The van der Waals surface area contributed by atoms with E-state index in [1.54, 1.807) is 0 Å². The Labute approximate surface area is 188 Å². The molecule has 0 unspecified atom stereocenters. The van der Waals surface area contributed by atoms with Gasteiger partial charge in [-0.3, -0.25) is 9.59 Å². The molecule has 2 amide bonds. The first-order valence-corrected chi connectivity index (χ1v) is 10.3. The molecule has 1 N–H and O–H groups in total. The fourth-order valence-electron chi connectivity index (χ4n) is 4.03. The number of likely N-dealkylation sites (tertiary alicyclic amines) is 1. The highest BCUT2D eigenvalue weighted by Gasteiger charge is 2.52. The van der Waals surface area contributed by atoms with E-state index in [2.05, 4.69) is 5.32 Å². The number of esters is 1. The summed E-state index contributed by atoms with van der Waals surface area (Å²) >= 11 is 0. The van der Waals surface area contributed by atoms with Crippen molar-refractivity contribution in [3.8, 4) is 11.1 Å². The minimum absolute atomic E-state index is 0.0102. The first kappa shape index (κ1) is 22.8. The van der Waals surface area contributed by atoms with Crippen molar-refractivity contribution in [1.29, 1.82) is 0 Å². The van der Waals surface area contributed by atoms with Gasteiger partial charge >= 0.3 is 5.97 Å². The third-order valence-corrected chi connectivity index (χ3v) is 5.69. The second kappa shape index (κ2) is 9.24. The van der Waals surface area contributed by atoms with Gasteiger partial charge in [-0.2, -0.15) is 0 Å². The molecule has 2 aliphatic rings. The smallest absolute Gasteiger partial charge is 0.328 e. The maximum atomic E-state index is 14.6. The Morgan fingerprint density at radius 3 is 2.45 bits per heavy atom. The van der Waals surface area contributed by atoms with Crippen LogP contribution < -0.4 is 5.32 Å². The standard InChI is InChI=1S/C23H22F2N2O6/c1-31-22(30)19-11-23(32-8-9-33-23)13-27(19)20(28)12-26-21(29)15-4-7-17(18(25)10-15)14-2-5-16(24)6-3-14/h2-7,10,19H,8-9,11-13H2,1H3,(H,26,29)/t19-/m0/s1. The van der Waals surface area contributed by atoms with Crippen LogP contribution in [-0.2, 0) is 23.8 Å². The third kappa shape index (κ3) is 4.71. The minimum atomic E-state index is -1.06. The average Bonchev–Trinajstić information content (AvgIpc) is 3.44. The Morgan fingerprint density at radius 2 is 1.82 bits per heavy atom. The van der Waals surface area contributed by atoms with Crippen LogP contribution in [-0.4, -0.2) is 67.9 Å². The molecule has 2 aromatic rings. The summed E-state index contributed by atoms with van der Waals surface area (Å²) < 4.78 is 43.6. The fourth-order valence-corrected chi connectivity index (χ4v) is 4.03. The van der Waals surface area contributed by atoms with E-state index >= 15 is 0 Å². The number of nitrogens with one attached hydrogen (secondary N) is 1. The molecule has 2 fully saturated rings. The van der Waals surface area contributed by atoms with Crippen LogP contribution in [0.3, 0.4) is 0 Å². The zero-order valence-corrected chi connectivity index (χ0v) is 17.8. The van der Waals surface area contributed by atoms with Gasteiger partial charge in [0.25, 0.3) is 5.91 Å². The highest BCUT2D eigenvalue weighted by molar-refractivity contribution is 5.97. The van der Waals surface area contributed by atoms with Crippen molar-refractivity contribution in [2.45, 2.75) is 18.2 Å². The largest absolute Gasteiger partial charge is 0.467 e. The van der Waals surface area contributed by atoms with E-state index in [1.807, 2.05) is 0 Å². The number of carbonyl (C=O) groups is 3. The van der Waals surface area contributed by atoms with Crippen molar-refractivity contribution in [1.82, 2.24) is 10.2 Å². The van der Waals surface area contributed by atoms with Crippen LogP contribution in [0.4, 0.5) is 8.78 Å². The third-order valence-electron chi connectivity index (χ3n) is 5.69. The summed E-state index contributed by atoms with van der Waals surface area (Å²) in [6.07, 6.45) is 0.134. The predicted octanol–water partition coefficient (Wildman–Crippen LogP) is 1.88. The predicted molar refractivity (Wildman–Crippen MR) is 111 cm³/mol. The van der Waals surface area contributed by atoms with Gasteiger partial charge in [0.05, 0.1) is 33.4 Å². The Morgan fingerprint density at radius 1 is 1.12 bits per heavy atom. The molecule has 2 saturated heterocycles. The van der Waals surface area contributed by atoms with Crippen molar-refractivity contribution >= 4 is 17.8 Å². The van der Waals surface area contributed by atoms with Gasteiger partial charge in [0.15, 0.2) is 5.79 Å². The zero-order valence-electron chi connectivity index (χ0n) is 17.8. The van der Waals surface area contributed by atoms with Gasteiger partial charge in [0, 0.05) is 17.5 Å². The Balaban J connectivity index is 1.41. The highest BCUT2D eigenvalue weighted by atomic mass is 19.1. The maximum absolute atomic E-state index is 14.6. The summed E-state index contributed by atoms with van der Waals surface area (Å²) in [4.78, 5) is 38.7. The Bertz CT molecular complexity index is 1070. The maximum Gasteiger partial charge on any atom is 0.328 e. The molecule has 2 aromatic carbocycles. The minimum Gasteiger partial charge on any atom is -0.467 e. The van der Waals surface area contributed by atoms with E-state index in [0.29, 0.717) is 18.8 Å². The number of halogens is 2. The lowest BCUT2D eigenvalue weighted by atomic mass is 10.0. The Hall–Kier alpha value is -3.37. The fraction of sp³-hybridized carbons (Fsp3) is 0.348. The summed E-state index contributed by atoms with van der Waals surface area (Å²) in [6.45, 7) is 0.324. The number of hydrogen-bond acceptors (Lipinski definition) is 6. The first-order valence-electron chi connectivity index (χ1n) is 10.3. The SMILES string of the molecule is COC(=O)[C@@H]1CC2(CN1C(=O)CNC(=O)c1ccc(-c3ccc(F)cc3)c(F)c1)OCCO2. The molecule has 8 nitrogen and oxygen atoms in total. The number of ether oxygens (including phenoxy) is 3. The molecular weight excluding hydrogens is 438 g/mol. The molecule has 174 valence electrons. The molecule has 33 heavy (non-hydrogen) atoms. The molecule has 1 atom stereocenters. The summed E-state index contributed by atoms with van der Waals surface area (Å²) in [6, 6.07) is 8.26. The molecule has 2 heterocycles. The van der Waals surface area contributed by atoms with Crippen molar-refractivity contribution in [3.63, 3.8) is 0 Å². The van der Waals surface area contributed by atoms with E-state index in [-0.39, 0.29) is 24.1 Å². The number of rotatable bonds is 5. The van der Waals surface area contributed by atoms with Crippen molar-refractivity contribution in [2.75, 3.05) is 33.4 Å². The zero-order chi connectivity index (χ0) is 23.6. The quantitative estimate of drug-likeness (QED) is 0.685. The number of benzene rings is 2. The molecular formula is C23H22F2N2O6. The summed E-state index contributed by atoms with van der Waals surface area (Å²) in [5.41, 5.74) is 0.683. The number of hydrogen-bond donors (Lipinski definition) is 1. The lowest BCUT2D eigenvalue weighted by Crippen LogP contribution is -2.46. The van der Waals surface area contributed by atoms with Crippen molar-refractivity contribution in [3.05, 3.63) is 59.7 Å². The molecule has 0 saturated carbocycles. The molecule has 4 rings (SSSR count). The average molecular weight is 460 g/mol. The van der Waals surface area contributed by atoms with E-state index in [9.17, 15) is 23.2 Å². The van der Waals surface area contributed by atoms with Gasteiger partial charge in [-0.05, 0) is 29.8 Å². The molecule has 0 bridgehead atoms. The normalized spacial score (nSPS) is 19.0. The molecule has 1 spiro atoms. The van der Waals surface area contributed by atoms with E-state index in [4.69, 9.17) is 14.2 Å². The second-order valence-electron chi connectivity index (χ2n) is 7.76. The summed E-state index contributed by atoms with van der Waals surface area (Å²) in [5, 5.41) is 2.45. The van der Waals surface area contributed by atoms with E-state index in [0.717, 1.165) is 6.07 Å². The van der Waals surface area contributed by atoms with Gasteiger partial charge < -0.3 is 24.4 Å². The van der Waals surface area contributed by atoms with Gasteiger partial charge in [-0.1, -0.05) is 18.2 Å². The van der Waals surface area contributed by atoms with Crippen LogP contribution in [0.15, 0.2) is 42.5 Å². The van der Waals surface area contributed by atoms with E-state index in [1.165, 1.54) is 48.4 Å². The van der Waals surface area contributed by atoms with Crippen LogP contribution in [0.2, 0.25) is 0 Å². The second-order valence-corrected chi connectivity index (χ2v) is 7.76. The van der Waals surface area contributed by atoms with Gasteiger partial charge in [0.1, 0.15) is 17.7 Å². The van der Waals surface area contributed by atoms with Crippen LogP contribution in [0.5, 0.6) is 0 Å². The summed E-state index contributed by atoms with van der Waals surface area (Å²) in [7, 11) is 1.22. The molecule has 0 aliphatic carbocycles. The van der Waals surface area contributed by atoms with Crippen LogP contribution in [0.25, 0.3) is 11.1 Å². The molecule has 0 radical (unpaired) electrons. The van der Waals surface area contributed by atoms with Crippen molar-refractivity contribution < 1.29 is 37.4 Å². The van der Waals surface area contributed by atoms with E-state index < -0.39 is 47.8 Å². The van der Waals surface area contributed by atoms with Gasteiger partial charge in [0.2, 0.25) is 5.91 Å². The number of methoxy groups -OCH3 is 1. The molecule has 2 aliphatic heterocycles. The van der Waals surface area contributed by atoms with Gasteiger partial charge in [-0.25, -0.2) is 13.6 Å². The van der Waals surface area contributed by atoms with Crippen LogP contribution >= 0.6 is 0 Å². The molecule has 0 aromatic heterocycles. The topological polar surface area (TPSA) is 94.2 Å². The van der Waals surface area contributed by atoms with Gasteiger partial charge in [-0.15, -0.1) is 0 Å². The molecule has 10 heteroatoms. The number of nitrogens with zero attached hydrogens (tertiary/aromatic N) is 1. The summed E-state index contributed by atoms with van der Waals surface area (Å²) in [5.74, 6) is -3.96. The Kier molecular flexibility index (Phi) is 6.39. The van der Waals surface area contributed by atoms with Crippen molar-refractivity contribution in [2.24, 2.45) is 0 Å². The monoisotopic (exact) mass is 460 g/mol. The number of carbonyl (C=O) groups excluding carboxylic acids is 3.